The largest absolute Gasteiger partial charge is 0.291 e. The Labute approximate surface area is 112 Å². The molecule has 0 aromatic heterocycles. The molecule has 0 aliphatic rings. The van der Waals surface area contributed by atoms with Gasteiger partial charge in [-0.2, -0.15) is 0 Å². The van der Waals surface area contributed by atoms with Crippen LogP contribution in [0.25, 0.3) is 0 Å². The lowest BCUT2D eigenvalue weighted by molar-refractivity contribution is 0.984. The second kappa shape index (κ2) is 6.02. The average Bonchev–Trinajstić information content (AvgIpc) is 2.21. The Bertz CT molecular complexity index is 350. The van der Waals surface area contributed by atoms with Crippen LogP contribution in [0.1, 0.15) is 12.5 Å². The fraction of sp³-hybridized carbons (Fsp3) is 0.364. The molecule has 1 unspecified atom stereocenters. The van der Waals surface area contributed by atoms with Gasteiger partial charge in [-0.25, -0.2) is 0 Å². The minimum absolute atomic E-state index is 0.0890. The van der Waals surface area contributed by atoms with E-state index in [1.807, 2.05) is 30.5 Å². The standard InChI is InChI=1S/C11H12Br2ClN/c1-11(13,7-12)8-15-6-9-4-2-3-5-10(9)14/h2-5,8H,6-7H2,1H3. The normalized spacial score (nSPS) is 15.5. The summed E-state index contributed by atoms with van der Waals surface area (Å²) in [7, 11) is 0. The van der Waals surface area contributed by atoms with Crippen LogP contribution >= 0.6 is 43.5 Å². The number of nitrogens with zero attached hydrogens (tertiary/aromatic N) is 1. The van der Waals surface area contributed by atoms with Crippen LogP contribution in [0.2, 0.25) is 5.02 Å². The van der Waals surface area contributed by atoms with Gasteiger partial charge in [0.05, 0.1) is 10.9 Å². The third-order valence-electron chi connectivity index (χ3n) is 1.84. The summed E-state index contributed by atoms with van der Waals surface area (Å²) >= 11 is 13.0. The summed E-state index contributed by atoms with van der Waals surface area (Å²) in [6.45, 7) is 2.67. The first kappa shape index (κ1) is 13.2. The van der Waals surface area contributed by atoms with E-state index in [0.29, 0.717) is 6.54 Å². The van der Waals surface area contributed by atoms with E-state index >= 15 is 0 Å². The quantitative estimate of drug-likeness (QED) is 0.560. The molecular formula is C11H12Br2ClN. The van der Waals surface area contributed by atoms with Crippen molar-refractivity contribution >= 4 is 49.7 Å². The monoisotopic (exact) mass is 351 g/mol. The van der Waals surface area contributed by atoms with Gasteiger partial charge in [0.25, 0.3) is 0 Å². The van der Waals surface area contributed by atoms with Crippen LogP contribution in [0.15, 0.2) is 29.3 Å². The number of rotatable bonds is 4. The molecule has 0 N–H and O–H groups in total. The van der Waals surface area contributed by atoms with Crippen LogP contribution in [-0.2, 0) is 6.54 Å². The highest BCUT2D eigenvalue weighted by Crippen LogP contribution is 2.19. The first-order valence-corrected chi connectivity index (χ1v) is 6.84. The van der Waals surface area contributed by atoms with Gasteiger partial charge in [-0.05, 0) is 18.6 Å². The molecule has 0 fully saturated rings. The summed E-state index contributed by atoms with van der Waals surface area (Å²) in [5, 5.41) is 1.59. The zero-order valence-electron chi connectivity index (χ0n) is 8.38. The van der Waals surface area contributed by atoms with E-state index in [-0.39, 0.29) is 4.32 Å². The zero-order valence-corrected chi connectivity index (χ0v) is 12.3. The molecule has 0 radical (unpaired) electrons. The smallest absolute Gasteiger partial charge is 0.0672 e. The molecular weight excluding hydrogens is 341 g/mol. The van der Waals surface area contributed by atoms with Gasteiger partial charge in [-0.1, -0.05) is 61.7 Å². The van der Waals surface area contributed by atoms with Crippen LogP contribution in [0.5, 0.6) is 0 Å². The second-order valence-electron chi connectivity index (χ2n) is 3.47. The SMILES string of the molecule is CC(Br)(C=NCc1ccccc1Cl)CBr. The number of alkyl halides is 2. The van der Waals surface area contributed by atoms with Crippen LogP contribution in [0, 0.1) is 0 Å². The summed E-state index contributed by atoms with van der Waals surface area (Å²) < 4.78 is -0.0890. The van der Waals surface area contributed by atoms with E-state index in [1.165, 1.54) is 0 Å². The minimum Gasteiger partial charge on any atom is -0.291 e. The van der Waals surface area contributed by atoms with Gasteiger partial charge in [-0.15, -0.1) is 0 Å². The second-order valence-corrected chi connectivity index (χ2v) is 6.25. The highest BCUT2D eigenvalue weighted by Gasteiger charge is 2.14. The number of hydrogen-bond donors (Lipinski definition) is 0. The lowest BCUT2D eigenvalue weighted by Crippen LogP contribution is -2.19. The van der Waals surface area contributed by atoms with Crippen molar-refractivity contribution in [2.45, 2.75) is 17.8 Å². The maximum Gasteiger partial charge on any atom is 0.0672 e. The lowest BCUT2D eigenvalue weighted by Gasteiger charge is -2.11. The zero-order chi connectivity index (χ0) is 11.3. The third-order valence-corrected chi connectivity index (χ3v) is 4.61. The molecule has 15 heavy (non-hydrogen) atoms. The van der Waals surface area contributed by atoms with Crippen LogP contribution < -0.4 is 0 Å². The molecule has 82 valence electrons. The van der Waals surface area contributed by atoms with Gasteiger partial charge < -0.3 is 0 Å². The number of benzene rings is 1. The van der Waals surface area contributed by atoms with E-state index in [0.717, 1.165) is 15.9 Å². The summed E-state index contributed by atoms with van der Waals surface area (Å²) in [4.78, 5) is 4.36. The molecule has 1 nitrogen and oxygen atoms in total. The van der Waals surface area contributed by atoms with Gasteiger partial charge >= 0.3 is 0 Å². The molecule has 1 atom stereocenters. The molecule has 0 heterocycles. The number of halogens is 3. The average molecular weight is 353 g/mol. The minimum atomic E-state index is -0.0890. The van der Waals surface area contributed by atoms with Crippen molar-refractivity contribution in [1.29, 1.82) is 0 Å². The fourth-order valence-electron chi connectivity index (χ4n) is 0.995. The Balaban J connectivity index is 2.62. The van der Waals surface area contributed by atoms with Crippen molar-refractivity contribution in [3.05, 3.63) is 34.9 Å². The molecule has 0 spiro atoms. The maximum absolute atomic E-state index is 6.01. The predicted octanol–water partition coefficient (Wildman–Crippen LogP) is 4.46. The Kier molecular flexibility index (Phi) is 5.30. The lowest BCUT2D eigenvalue weighted by atomic mass is 10.2. The van der Waals surface area contributed by atoms with Crippen molar-refractivity contribution in [3.63, 3.8) is 0 Å². The maximum atomic E-state index is 6.01. The molecule has 4 heteroatoms. The summed E-state index contributed by atoms with van der Waals surface area (Å²) in [6, 6.07) is 7.75. The van der Waals surface area contributed by atoms with Crippen molar-refractivity contribution in [1.82, 2.24) is 0 Å². The third kappa shape index (κ3) is 4.66. The topological polar surface area (TPSA) is 12.4 Å². The molecule has 0 aliphatic heterocycles. The summed E-state index contributed by atoms with van der Waals surface area (Å²) in [5.41, 5.74) is 1.05. The molecule has 1 rings (SSSR count). The summed E-state index contributed by atoms with van der Waals surface area (Å²) in [6.07, 6.45) is 1.89. The first-order chi connectivity index (χ1) is 7.05. The van der Waals surface area contributed by atoms with Gasteiger partial charge in [0.1, 0.15) is 0 Å². The van der Waals surface area contributed by atoms with E-state index in [9.17, 15) is 0 Å². The van der Waals surface area contributed by atoms with Crippen molar-refractivity contribution in [3.8, 4) is 0 Å². The molecule has 1 aromatic rings. The molecule has 0 saturated carbocycles. The molecule has 1 aromatic carbocycles. The van der Waals surface area contributed by atoms with Crippen molar-refractivity contribution in [2.75, 3.05) is 5.33 Å². The van der Waals surface area contributed by atoms with Gasteiger partial charge in [0.15, 0.2) is 0 Å². The first-order valence-electron chi connectivity index (χ1n) is 4.54. The van der Waals surface area contributed by atoms with Gasteiger partial charge in [0, 0.05) is 16.6 Å². The number of hydrogen-bond acceptors (Lipinski definition) is 1. The Morgan fingerprint density at radius 1 is 1.47 bits per heavy atom. The van der Waals surface area contributed by atoms with Crippen molar-refractivity contribution in [2.24, 2.45) is 4.99 Å². The summed E-state index contributed by atoms with van der Waals surface area (Å²) in [5.74, 6) is 0. The Morgan fingerprint density at radius 2 is 2.13 bits per heavy atom. The fourth-order valence-corrected chi connectivity index (χ4v) is 1.48. The Morgan fingerprint density at radius 3 is 2.73 bits per heavy atom. The van der Waals surface area contributed by atoms with E-state index in [4.69, 9.17) is 11.6 Å². The highest BCUT2D eigenvalue weighted by atomic mass is 79.9. The van der Waals surface area contributed by atoms with E-state index < -0.39 is 0 Å². The van der Waals surface area contributed by atoms with E-state index in [2.05, 4.69) is 43.8 Å². The van der Waals surface area contributed by atoms with Crippen LogP contribution in [-0.4, -0.2) is 15.9 Å². The van der Waals surface area contributed by atoms with Crippen LogP contribution in [0.4, 0.5) is 0 Å². The van der Waals surface area contributed by atoms with Gasteiger partial charge in [0.2, 0.25) is 0 Å². The van der Waals surface area contributed by atoms with Crippen molar-refractivity contribution < 1.29 is 0 Å². The molecule has 0 saturated heterocycles. The van der Waals surface area contributed by atoms with Crippen LogP contribution in [0.3, 0.4) is 0 Å². The molecule has 0 aliphatic carbocycles. The van der Waals surface area contributed by atoms with E-state index in [1.54, 1.807) is 0 Å². The predicted molar refractivity (Wildman–Crippen MR) is 74.8 cm³/mol. The molecule has 0 bridgehead atoms. The Hall–Kier alpha value is 0.140. The number of aliphatic imine (C=N–C) groups is 1. The highest BCUT2D eigenvalue weighted by molar-refractivity contribution is 9.12. The molecule has 0 amide bonds. The van der Waals surface area contributed by atoms with Gasteiger partial charge in [-0.3, -0.25) is 4.99 Å².